The van der Waals surface area contributed by atoms with E-state index in [1.54, 1.807) is 12.1 Å². The lowest BCUT2D eigenvalue weighted by Gasteiger charge is -2.13. The highest BCUT2D eigenvalue weighted by atomic mass is 16.4. The molecule has 0 fully saturated rings. The van der Waals surface area contributed by atoms with Crippen LogP contribution in [-0.2, 0) is 13.0 Å². The van der Waals surface area contributed by atoms with Gasteiger partial charge < -0.3 is 15.7 Å². The molecule has 0 saturated carbocycles. The minimum absolute atomic E-state index is 0.305. The summed E-state index contributed by atoms with van der Waals surface area (Å²) in [5.41, 5.74) is 6.00. The van der Waals surface area contributed by atoms with E-state index in [0.29, 0.717) is 12.1 Å². The van der Waals surface area contributed by atoms with E-state index in [1.807, 2.05) is 13.0 Å². The number of aryl methyl sites for hydroxylation is 1. The van der Waals surface area contributed by atoms with Crippen molar-refractivity contribution < 1.29 is 9.90 Å². The fourth-order valence-electron chi connectivity index (χ4n) is 2.69. The van der Waals surface area contributed by atoms with Gasteiger partial charge in [-0.1, -0.05) is 24.3 Å². The van der Waals surface area contributed by atoms with Crippen LogP contribution in [0.15, 0.2) is 36.4 Å². The average Bonchev–Trinajstić information content (AvgIpc) is 2.95. The van der Waals surface area contributed by atoms with Crippen molar-refractivity contribution in [3.05, 3.63) is 58.7 Å². The predicted molar refractivity (Wildman–Crippen MR) is 84.1 cm³/mol. The molecule has 0 aliphatic carbocycles. The fourth-order valence-corrected chi connectivity index (χ4v) is 2.69. The van der Waals surface area contributed by atoms with Crippen LogP contribution in [0.3, 0.4) is 0 Å². The molecule has 3 rings (SSSR count). The van der Waals surface area contributed by atoms with E-state index >= 15 is 0 Å². The quantitative estimate of drug-likeness (QED) is 0.805. The Morgan fingerprint density at radius 1 is 1.33 bits per heavy atom. The van der Waals surface area contributed by atoms with Crippen molar-refractivity contribution in [2.45, 2.75) is 19.9 Å². The number of aromatic carboxylic acids is 1. The number of nitrogens with one attached hydrogen (secondary N) is 2. The van der Waals surface area contributed by atoms with Gasteiger partial charge in [0.2, 0.25) is 0 Å². The smallest absolute Gasteiger partial charge is 0.335 e. The SMILES string of the molecule is Cc1ccc(C(=O)O)cc1NCc1cccc2c1NCC2. The van der Waals surface area contributed by atoms with Crippen LogP contribution in [0, 0.1) is 6.92 Å². The number of fused-ring (bicyclic) bond motifs is 1. The van der Waals surface area contributed by atoms with E-state index in [0.717, 1.165) is 24.2 Å². The van der Waals surface area contributed by atoms with Crippen molar-refractivity contribution in [1.29, 1.82) is 0 Å². The summed E-state index contributed by atoms with van der Waals surface area (Å²) in [7, 11) is 0. The second kappa shape index (κ2) is 5.48. The molecule has 2 aromatic rings. The summed E-state index contributed by atoms with van der Waals surface area (Å²) in [6.45, 7) is 3.64. The largest absolute Gasteiger partial charge is 0.478 e. The molecule has 1 aliphatic rings. The van der Waals surface area contributed by atoms with Gasteiger partial charge in [-0.05, 0) is 42.2 Å². The molecule has 2 aromatic carbocycles. The van der Waals surface area contributed by atoms with Crippen LogP contribution in [0.2, 0.25) is 0 Å². The topological polar surface area (TPSA) is 61.4 Å². The predicted octanol–water partition coefficient (Wildman–Crippen LogP) is 3.27. The number of anilines is 2. The molecule has 0 aromatic heterocycles. The van der Waals surface area contributed by atoms with Gasteiger partial charge >= 0.3 is 5.97 Å². The molecule has 0 spiro atoms. The zero-order chi connectivity index (χ0) is 14.8. The molecular weight excluding hydrogens is 264 g/mol. The first-order valence-electron chi connectivity index (χ1n) is 7.07. The maximum atomic E-state index is 11.1. The summed E-state index contributed by atoms with van der Waals surface area (Å²) in [6, 6.07) is 11.5. The highest BCUT2D eigenvalue weighted by Crippen LogP contribution is 2.27. The molecular formula is C17H18N2O2. The second-order valence-electron chi connectivity index (χ2n) is 5.32. The monoisotopic (exact) mass is 282 g/mol. The van der Waals surface area contributed by atoms with Crippen molar-refractivity contribution >= 4 is 17.3 Å². The lowest BCUT2D eigenvalue weighted by atomic mass is 10.1. The van der Waals surface area contributed by atoms with E-state index in [9.17, 15) is 4.79 Å². The van der Waals surface area contributed by atoms with E-state index in [-0.39, 0.29) is 0 Å². The third-order valence-electron chi connectivity index (χ3n) is 3.89. The number of para-hydroxylation sites is 1. The molecule has 0 atom stereocenters. The summed E-state index contributed by atoms with van der Waals surface area (Å²) in [4.78, 5) is 11.1. The summed E-state index contributed by atoms with van der Waals surface area (Å²) in [6.07, 6.45) is 1.07. The number of hydrogen-bond donors (Lipinski definition) is 3. The first kappa shape index (κ1) is 13.5. The maximum Gasteiger partial charge on any atom is 0.335 e. The van der Waals surface area contributed by atoms with Crippen molar-refractivity contribution in [3.63, 3.8) is 0 Å². The summed E-state index contributed by atoms with van der Waals surface area (Å²) >= 11 is 0. The summed E-state index contributed by atoms with van der Waals surface area (Å²) in [5, 5.41) is 15.8. The third kappa shape index (κ3) is 2.70. The van der Waals surface area contributed by atoms with Crippen LogP contribution in [0.1, 0.15) is 27.0 Å². The Morgan fingerprint density at radius 3 is 3.00 bits per heavy atom. The number of rotatable bonds is 4. The van der Waals surface area contributed by atoms with Gasteiger partial charge in [0, 0.05) is 24.5 Å². The van der Waals surface area contributed by atoms with Crippen molar-refractivity contribution in [1.82, 2.24) is 0 Å². The standard InChI is InChI=1S/C17H18N2O2/c1-11-5-6-13(17(20)21)9-15(11)19-10-14-4-2-3-12-7-8-18-16(12)14/h2-6,9,18-19H,7-8,10H2,1H3,(H,20,21). The lowest BCUT2D eigenvalue weighted by molar-refractivity contribution is 0.0697. The van der Waals surface area contributed by atoms with E-state index in [2.05, 4.69) is 28.8 Å². The summed E-state index contributed by atoms with van der Waals surface area (Å²) < 4.78 is 0. The number of carboxylic acids is 1. The van der Waals surface area contributed by atoms with Gasteiger partial charge in [0.15, 0.2) is 0 Å². The second-order valence-corrected chi connectivity index (χ2v) is 5.32. The van der Waals surface area contributed by atoms with Crippen LogP contribution in [0.5, 0.6) is 0 Å². The Hall–Kier alpha value is -2.49. The molecule has 1 heterocycles. The van der Waals surface area contributed by atoms with E-state index in [4.69, 9.17) is 5.11 Å². The van der Waals surface area contributed by atoms with Gasteiger partial charge in [0.25, 0.3) is 0 Å². The van der Waals surface area contributed by atoms with Crippen LogP contribution >= 0.6 is 0 Å². The van der Waals surface area contributed by atoms with Crippen LogP contribution in [0.25, 0.3) is 0 Å². The fraction of sp³-hybridized carbons (Fsp3) is 0.235. The van der Waals surface area contributed by atoms with Gasteiger partial charge in [0.1, 0.15) is 0 Å². The molecule has 4 nitrogen and oxygen atoms in total. The number of hydrogen-bond acceptors (Lipinski definition) is 3. The number of carboxylic acid groups (broad SMARTS) is 1. The van der Waals surface area contributed by atoms with Crippen molar-refractivity contribution in [2.24, 2.45) is 0 Å². The van der Waals surface area contributed by atoms with Crippen LogP contribution < -0.4 is 10.6 Å². The first-order chi connectivity index (χ1) is 10.1. The van der Waals surface area contributed by atoms with Crippen LogP contribution in [0.4, 0.5) is 11.4 Å². The maximum absolute atomic E-state index is 11.1. The molecule has 0 saturated heterocycles. The molecule has 0 unspecified atom stereocenters. The Kier molecular flexibility index (Phi) is 3.52. The van der Waals surface area contributed by atoms with E-state index in [1.165, 1.54) is 16.8 Å². The first-order valence-corrected chi connectivity index (χ1v) is 7.07. The molecule has 0 amide bonds. The lowest BCUT2D eigenvalue weighted by Crippen LogP contribution is -2.05. The molecule has 108 valence electrons. The number of carbonyl (C=O) groups is 1. The minimum Gasteiger partial charge on any atom is -0.478 e. The number of benzene rings is 2. The Labute approximate surface area is 123 Å². The normalized spacial score (nSPS) is 12.6. The van der Waals surface area contributed by atoms with Crippen molar-refractivity contribution in [3.8, 4) is 0 Å². The highest BCUT2D eigenvalue weighted by molar-refractivity contribution is 5.89. The minimum atomic E-state index is -0.902. The van der Waals surface area contributed by atoms with Gasteiger partial charge in [0.05, 0.1) is 5.56 Å². The van der Waals surface area contributed by atoms with Gasteiger partial charge in [-0.25, -0.2) is 4.79 Å². The zero-order valence-corrected chi connectivity index (χ0v) is 11.9. The van der Waals surface area contributed by atoms with Crippen molar-refractivity contribution in [2.75, 3.05) is 17.2 Å². The molecule has 4 heteroatoms. The summed E-state index contributed by atoms with van der Waals surface area (Å²) in [5.74, 6) is -0.902. The Balaban J connectivity index is 1.81. The molecule has 1 aliphatic heterocycles. The third-order valence-corrected chi connectivity index (χ3v) is 3.89. The highest BCUT2D eigenvalue weighted by Gasteiger charge is 2.13. The molecule has 0 radical (unpaired) electrons. The van der Waals surface area contributed by atoms with Gasteiger partial charge in [-0.15, -0.1) is 0 Å². The van der Waals surface area contributed by atoms with Gasteiger partial charge in [-0.2, -0.15) is 0 Å². The Bertz CT molecular complexity index is 695. The zero-order valence-electron chi connectivity index (χ0n) is 11.9. The molecule has 0 bridgehead atoms. The van der Waals surface area contributed by atoms with Crippen LogP contribution in [-0.4, -0.2) is 17.6 Å². The molecule has 21 heavy (non-hydrogen) atoms. The Morgan fingerprint density at radius 2 is 2.19 bits per heavy atom. The van der Waals surface area contributed by atoms with E-state index < -0.39 is 5.97 Å². The van der Waals surface area contributed by atoms with Gasteiger partial charge in [-0.3, -0.25) is 0 Å². The molecule has 3 N–H and O–H groups in total. The average molecular weight is 282 g/mol.